The number of carbonyl (C=O) groups is 1. The van der Waals surface area contributed by atoms with E-state index in [1.807, 2.05) is 20.8 Å². The molecule has 3 aromatic rings. The van der Waals surface area contributed by atoms with Crippen LogP contribution in [0.3, 0.4) is 0 Å². The Hall–Kier alpha value is -3.24. The van der Waals surface area contributed by atoms with Gasteiger partial charge in [0.25, 0.3) is 10.0 Å². The summed E-state index contributed by atoms with van der Waals surface area (Å²) in [5.74, 6) is 0.754. The fourth-order valence-electron chi connectivity index (χ4n) is 3.13. The van der Waals surface area contributed by atoms with Crippen molar-refractivity contribution in [1.29, 1.82) is 0 Å². The van der Waals surface area contributed by atoms with Crippen LogP contribution in [-0.2, 0) is 14.8 Å². The number of carbonyl (C=O) groups excluding carboxylic acids is 1. The van der Waals surface area contributed by atoms with E-state index in [4.69, 9.17) is 10.3 Å². The van der Waals surface area contributed by atoms with Gasteiger partial charge in [0.05, 0.1) is 16.6 Å². The summed E-state index contributed by atoms with van der Waals surface area (Å²) in [6.45, 7) is 5.82. The second-order valence-electron chi connectivity index (χ2n) is 8.95. The molecular formula is C23H27N5O4S. The fourth-order valence-corrected chi connectivity index (χ4v) is 4.18. The zero-order chi connectivity index (χ0) is 23.8. The van der Waals surface area contributed by atoms with E-state index in [1.54, 1.807) is 36.4 Å². The molecule has 0 saturated heterocycles. The van der Waals surface area contributed by atoms with Gasteiger partial charge in [-0.1, -0.05) is 32.0 Å². The van der Waals surface area contributed by atoms with Gasteiger partial charge in [0.2, 0.25) is 17.6 Å². The van der Waals surface area contributed by atoms with Crippen LogP contribution in [0.5, 0.6) is 0 Å². The number of anilines is 2. The first-order chi connectivity index (χ1) is 15.6. The molecule has 1 heterocycles. The molecule has 1 aliphatic rings. The third-order valence-corrected chi connectivity index (χ3v) is 7.19. The van der Waals surface area contributed by atoms with E-state index in [-0.39, 0.29) is 28.2 Å². The molecule has 0 aliphatic heterocycles. The van der Waals surface area contributed by atoms with E-state index in [2.05, 4.69) is 20.2 Å². The van der Waals surface area contributed by atoms with Crippen LogP contribution in [0, 0.1) is 11.3 Å². The maximum Gasteiger partial charge on any atom is 0.261 e. The van der Waals surface area contributed by atoms with Crippen LogP contribution in [-0.4, -0.2) is 24.5 Å². The summed E-state index contributed by atoms with van der Waals surface area (Å²) in [6, 6.07) is 12.4. The van der Waals surface area contributed by atoms with E-state index in [1.165, 1.54) is 12.1 Å². The van der Waals surface area contributed by atoms with Crippen LogP contribution in [0.1, 0.15) is 45.5 Å². The Bertz CT molecular complexity index is 1260. The largest absolute Gasteiger partial charge is 0.337 e. The highest BCUT2D eigenvalue weighted by molar-refractivity contribution is 7.92. The molecule has 1 amide bonds. The van der Waals surface area contributed by atoms with Gasteiger partial charge < -0.3 is 15.6 Å². The maximum atomic E-state index is 12.9. The molecule has 1 atom stereocenters. The molecule has 4 N–H and O–H groups in total. The number of rotatable bonds is 8. The average Bonchev–Trinajstić information content (AvgIpc) is 3.34. The molecular weight excluding hydrogens is 442 g/mol. The van der Waals surface area contributed by atoms with Crippen LogP contribution in [0.25, 0.3) is 11.4 Å². The van der Waals surface area contributed by atoms with Crippen molar-refractivity contribution in [2.45, 2.75) is 44.6 Å². The topological polar surface area (TPSA) is 140 Å². The van der Waals surface area contributed by atoms with Crippen molar-refractivity contribution in [1.82, 2.24) is 10.1 Å². The molecule has 1 saturated carbocycles. The molecule has 4 rings (SSSR count). The molecule has 10 heteroatoms. The Kier molecular flexibility index (Phi) is 5.98. The monoisotopic (exact) mass is 469 g/mol. The number of aromatic nitrogens is 2. The minimum absolute atomic E-state index is 0.0583. The van der Waals surface area contributed by atoms with Gasteiger partial charge in [0.1, 0.15) is 0 Å². The van der Waals surface area contributed by atoms with E-state index in [0.717, 1.165) is 12.8 Å². The summed E-state index contributed by atoms with van der Waals surface area (Å²) in [7, 11) is -3.84. The van der Waals surface area contributed by atoms with Crippen LogP contribution >= 0.6 is 0 Å². The van der Waals surface area contributed by atoms with E-state index in [0.29, 0.717) is 28.7 Å². The minimum Gasteiger partial charge on any atom is -0.337 e. The first-order valence-electron chi connectivity index (χ1n) is 10.7. The molecule has 0 bridgehead atoms. The van der Waals surface area contributed by atoms with Gasteiger partial charge in [-0.25, -0.2) is 8.42 Å². The minimum atomic E-state index is -3.84. The third-order valence-electron chi connectivity index (χ3n) is 5.79. The van der Waals surface area contributed by atoms with Crippen molar-refractivity contribution in [3.8, 4) is 11.4 Å². The van der Waals surface area contributed by atoms with Crippen molar-refractivity contribution >= 4 is 27.3 Å². The zero-order valence-electron chi connectivity index (χ0n) is 18.7. The number of hydrogen-bond donors (Lipinski definition) is 3. The van der Waals surface area contributed by atoms with Crippen LogP contribution in [0.2, 0.25) is 0 Å². The summed E-state index contributed by atoms with van der Waals surface area (Å²) < 4.78 is 33.5. The van der Waals surface area contributed by atoms with Crippen LogP contribution in [0.15, 0.2) is 57.9 Å². The Morgan fingerprint density at radius 3 is 2.42 bits per heavy atom. The lowest BCUT2D eigenvalue weighted by Gasteiger charge is -2.12. The Labute approximate surface area is 192 Å². The van der Waals surface area contributed by atoms with Crippen molar-refractivity contribution < 1.29 is 17.7 Å². The van der Waals surface area contributed by atoms with E-state index >= 15 is 0 Å². The Balaban J connectivity index is 1.47. The van der Waals surface area contributed by atoms with Gasteiger partial charge in [-0.3, -0.25) is 9.52 Å². The number of hydrogen-bond acceptors (Lipinski definition) is 7. The highest BCUT2D eigenvalue weighted by atomic mass is 32.2. The highest BCUT2D eigenvalue weighted by Crippen LogP contribution is 2.45. The van der Waals surface area contributed by atoms with Gasteiger partial charge >= 0.3 is 0 Å². The fraction of sp³-hybridized carbons (Fsp3) is 0.348. The number of nitrogens with two attached hydrogens (primary N) is 1. The lowest BCUT2D eigenvalue weighted by atomic mass is 10.1. The van der Waals surface area contributed by atoms with Crippen molar-refractivity contribution in [2.24, 2.45) is 17.1 Å². The summed E-state index contributed by atoms with van der Waals surface area (Å²) in [4.78, 5) is 16.7. The van der Waals surface area contributed by atoms with Crippen molar-refractivity contribution in [2.75, 3.05) is 10.0 Å². The normalized spacial score (nSPS) is 15.8. The maximum absolute atomic E-state index is 12.9. The first-order valence-corrected chi connectivity index (χ1v) is 12.2. The van der Waals surface area contributed by atoms with Gasteiger partial charge in [-0.2, -0.15) is 4.98 Å². The van der Waals surface area contributed by atoms with Gasteiger partial charge in [-0.15, -0.1) is 0 Å². The zero-order valence-corrected chi connectivity index (χ0v) is 19.5. The molecule has 2 aromatic carbocycles. The smallest absolute Gasteiger partial charge is 0.261 e. The molecule has 0 spiro atoms. The molecule has 1 aromatic heterocycles. The van der Waals surface area contributed by atoms with Crippen molar-refractivity contribution in [3.05, 3.63) is 54.4 Å². The lowest BCUT2D eigenvalue weighted by molar-refractivity contribution is -0.120. The number of benzene rings is 2. The van der Waals surface area contributed by atoms with Crippen LogP contribution in [0.4, 0.5) is 11.4 Å². The summed E-state index contributed by atoms with van der Waals surface area (Å²) in [6.07, 6.45) is 1.72. The molecule has 0 radical (unpaired) electrons. The van der Waals surface area contributed by atoms with Crippen molar-refractivity contribution in [3.63, 3.8) is 0 Å². The van der Waals surface area contributed by atoms with E-state index in [9.17, 15) is 13.2 Å². The number of nitrogens with zero attached hydrogens (tertiary/aromatic N) is 2. The predicted octanol–water partition coefficient (Wildman–Crippen LogP) is 3.93. The number of amides is 1. The summed E-state index contributed by atoms with van der Waals surface area (Å²) in [5.41, 5.74) is 7.21. The van der Waals surface area contributed by atoms with Gasteiger partial charge in [0, 0.05) is 16.7 Å². The predicted molar refractivity (Wildman–Crippen MR) is 125 cm³/mol. The third kappa shape index (κ3) is 5.07. The second-order valence-corrected chi connectivity index (χ2v) is 10.6. The van der Waals surface area contributed by atoms with E-state index < -0.39 is 10.0 Å². The lowest BCUT2D eigenvalue weighted by Crippen LogP contribution is -2.21. The van der Waals surface area contributed by atoms with Crippen LogP contribution < -0.4 is 15.8 Å². The first kappa shape index (κ1) is 22.9. The summed E-state index contributed by atoms with van der Waals surface area (Å²) in [5, 5.41) is 6.79. The molecule has 9 nitrogen and oxygen atoms in total. The molecule has 1 aliphatic carbocycles. The molecule has 33 heavy (non-hydrogen) atoms. The summed E-state index contributed by atoms with van der Waals surface area (Å²) >= 11 is 0. The number of nitrogens with one attached hydrogen (secondary N) is 2. The quantitative estimate of drug-likeness (QED) is 0.454. The SMILES string of the molecule is CC(C)C(N)c1nc(-c2ccc(S(=O)(=O)Nc3cccc(NC(=O)C4(C)CC4)c3)cc2)no1. The Morgan fingerprint density at radius 1 is 1.12 bits per heavy atom. The second kappa shape index (κ2) is 8.60. The standard InChI is InChI=1S/C23H27N5O4S/c1-14(2)19(24)21-26-20(27-32-21)15-7-9-18(10-8-15)33(30,31)28-17-6-4-5-16(13-17)25-22(29)23(3)11-12-23/h4-10,13-14,19,28H,11-12,24H2,1-3H3,(H,25,29). The highest BCUT2D eigenvalue weighted by Gasteiger charge is 2.44. The Morgan fingerprint density at radius 2 is 1.79 bits per heavy atom. The molecule has 174 valence electrons. The molecule has 1 unspecified atom stereocenters. The number of sulfonamides is 1. The average molecular weight is 470 g/mol. The molecule has 1 fully saturated rings. The van der Waals surface area contributed by atoms with Gasteiger partial charge in [-0.05, 0) is 61.2 Å². The van der Waals surface area contributed by atoms with Gasteiger partial charge in [0.15, 0.2) is 0 Å².